The molecular weight excluding hydrogens is 368 g/mol. The lowest BCUT2D eigenvalue weighted by atomic mass is 9.90. The third-order valence-electron chi connectivity index (χ3n) is 6.33. The van der Waals surface area contributed by atoms with E-state index in [1.165, 1.54) is 0 Å². The second kappa shape index (κ2) is 8.56. The number of amides is 1. The van der Waals surface area contributed by atoms with Crippen LogP contribution in [-0.4, -0.2) is 68.7 Å². The van der Waals surface area contributed by atoms with Gasteiger partial charge in [-0.05, 0) is 44.7 Å². The van der Waals surface area contributed by atoms with Crippen LogP contribution in [0.4, 0.5) is 0 Å². The molecule has 0 spiro atoms. The Morgan fingerprint density at radius 2 is 1.97 bits per heavy atom. The van der Waals surface area contributed by atoms with Gasteiger partial charge in [-0.3, -0.25) is 14.2 Å². The summed E-state index contributed by atoms with van der Waals surface area (Å²) < 4.78 is 1.73. The Morgan fingerprint density at radius 1 is 1.28 bits per heavy atom. The van der Waals surface area contributed by atoms with Gasteiger partial charge in [0, 0.05) is 38.0 Å². The van der Waals surface area contributed by atoms with Crippen LogP contribution in [-0.2, 0) is 16.8 Å². The fourth-order valence-corrected chi connectivity index (χ4v) is 4.50. The number of nitrogens with zero attached hydrogens (tertiary/aromatic N) is 4. The number of β-amino-alcohol motifs (C(OH)–C–C–N with tert-alkyl or cyclic N) is 1. The van der Waals surface area contributed by atoms with Crippen LogP contribution in [0, 0.1) is 5.92 Å². The van der Waals surface area contributed by atoms with Gasteiger partial charge in [-0.1, -0.05) is 20.8 Å². The normalized spacial score (nSPS) is 24.7. The summed E-state index contributed by atoms with van der Waals surface area (Å²) in [6, 6.07) is 1.66. The average molecular weight is 405 g/mol. The summed E-state index contributed by atoms with van der Waals surface area (Å²) in [5.41, 5.74) is -0.0801. The summed E-state index contributed by atoms with van der Waals surface area (Å²) in [6.45, 7) is 12.1. The third kappa shape index (κ3) is 5.66. The van der Waals surface area contributed by atoms with E-state index in [1.807, 2.05) is 0 Å². The lowest BCUT2D eigenvalue weighted by molar-refractivity contribution is -0.137. The van der Waals surface area contributed by atoms with Crippen molar-refractivity contribution in [2.45, 2.75) is 70.9 Å². The van der Waals surface area contributed by atoms with Crippen molar-refractivity contribution in [2.24, 2.45) is 5.92 Å². The van der Waals surface area contributed by atoms with Crippen molar-refractivity contribution >= 4 is 5.91 Å². The number of aliphatic hydroxyl groups is 1. The highest BCUT2D eigenvalue weighted by atomic mass is 16.3. The van der Waals surface area contributed by atoms with Gasteiger partial charge in [0.15, 0.2) is 0 Å². The number of rotatable bonds is 4. The van der Waals surface area contributed by atoms with Crippen LogP contribution >= 0.6 is 0 Å². The van der Waals surface area contributed by atoms with E-state index in [0.29, 0.717) is 25.6 Å². The molecule has 0 aliphatic carbocycles. The summed E-state index contributed by atoms with van der Waals surface area (Å²) in [7, 11) is 0. The Hall–Kier alpha value is -1.73. The maximum atomic E-state index is 12.5. The second-order valence-electron chi connectivity index (χ2n) is 10.0. The molecule has 0 radical (unpaired) electrons. The van der Waals surface area contributed by atoms with E-state index in [-0.39, 0.29) is 16.9 Å². The molecule has 1 amide bonds. The first-order valence-electron chi connectivity index (χ1n) is 10.8. The molecule has 0 bridgehead atoms. The summed E-state index contributed by atoms with van der Waals surface area (Å²) >= 11 is 0. The van der Waals surface area contributed by atoms with E-state index >= 15 is 0 Å². The van der Waals surface area contributed by atoms with E-state index < -0.39 is 5.60 Å². The quantitative estimate of drug-likeness (QED) is 0.825. The second-order valence-corrected chi connectivity index (χ2v) is 10.0. The molecule has 1 N–H and O–H groups in total. The van der Waals surface area contributed by atoms with Crippen molar-refractivity contribution in [1.29, 1.82) is 0 Å². The van der Waals surface area contributed by atoms with Crippen LogP contribution < -0.4 is 5.56 Å². The van der Waals surface area contributed by atoms with Gasteiger partial charge in [-0.25, -0.2) is 4.98 Å². The van der Waals surface area contributed by atoms with Gasteiger partial charge in [0.2, 0.25) is 5.91 Å². The van der Waals surface area contributed by atoms with Gasteiger partial charge in [-0.2, -0.15) is 0 Å². The predicted molar refractivity (Wildman–Crippen MR) is 113 cm³/mol. The summed E-state index contributed by atoms with van der Waals surface area (Å²) in [5, 5.41) is 11.0. The topological polar surface area (TPSA) is 78.7 Å². The molecule has 1 unspecified atom stereocenters. The molecule has 0 aromatic carbocycles. The van der Waals surface area contributed by atoms with Crippen LogP contribution in [0.25, 0.3) is 0 Å². The highest BCUT2D eigenvalue weighted by Crippen LogP contribution is 2.26. The van der Waals surface area contributed by atoms with Gasteiger partial charge in [0.05, 0.1) is 24.2 Å². The Morgan fingerprint density at radius 3 is 2.55 bits per heavy atom. The number of aromatic nitrogens is 2. The number of likely N-dealkylation sites (tertiary alicyclic amines) is 2. The SMILES string of the molecule is CC(=O)N1CCCC(O)(CN2CCC(Cn3cnc(C(C)(C)C)cc3=O)CC2)C1. The Balaban J connectivity index is 1.52. The molecule has 29 heavy (non-hydrogen) atoms. The number of carbonyl (C=O) groups is 1. The van der Waals surface area contributed by atoms with Crippen molar-refractivity contribution in [2.75, 3.05) is 32.7 Å². The minimum absolute atomic E-state index is 0.0215. The first-order chi connectivity index (χ1) is 13.6. The minimum Gasteiger partial charge on any atom is -0.387 e. The number of hydrogen-bond donors (Lipinski definition) is 1. The molecular formula is C22H36N4O3. The molecule has 2 aliphatic heterocycles. The van der Waals surface area contributed by atoms with Crippen molar-refractivity contribution in [3.8, 4) is 0 Å². The van der Waals surface area contributed by atoms with Gasteiger partial charge in [-0.15, -0.1) is 0 Å². The molecule has 1 atom stereocenters. The molecule has 3 heterocycles. The Bertz CT molecular complexity index is 777. The molecule has 0 saturated carbocycles. The molecule has 2 fully saturated rings. The average Bonchev–Trinajstić information content (AvgIpc) is 2.64. The molecule has 162 valence electrons. The molecule has 7 nitrogen and oxygen atoms in total. The lowest BCUT2D eigenvalue weighted by Crippen LogP contribution is -2.56. The molecule has 7 heteroatoms. The van der Waals surface area contributed by atoms with E-state index in [2.05, 4.69) is 30.7 Å². The third-order valence-corrected chi connectivity index (χ3v) is 6.33. The Kier molecular flexibility index (Phi) is 6.48. The zero-order chi connectivity index (χ0) is 21.2. The van der Waals surface area contributed by atoms with Crippen molar-refractivity contribution in [3.05, 3.63) is 28.4 Å². The monoisotopic (exact) mass is 404 g/mol. The molecule has 1 aromatic rings. The fourth-order valence-electron chi connectivity index (χ4n) is 4.50. The molecule has 2 aliphatic rings. The number of piperidine rings is 2. The molecule has 1 aromatic heterocycles. The number of hydrogen-bond acceptors (Lipinski definition) is 5. The van der Waals surface area contributed by atoms with Gasteiger partial charge < -0.3 is 14.9 Å². The maximum Gasteiger partial charge on any atom is 0.253 e. The first-order valence-corrected chi connectivity index (χ1v) is 10.8. The Labute approximate surface area is 173 Å². The summed E-state index contributed by atoms with van der Waals surface area (Å²) in [6.07, 6.45) is 5.29. The maximum absolute atomic E-state index is 12.5. The highest BCUT2D eigenvalue weighted by Gasteiger charge is 2.36. The fraction of sp³-hybridized carbons (Fsp3) is 0.773. The van der Waals surface area contributed by atoms with Gasteiger partial charge >= 0.3 is 0 Å². The van der Waals surface area contributed by atoms with Gasteiger partial charge in [0.1, 0.15) is 0 Å². The first kappa shape index (κ1) is 22.0. The van der Waals surface area contributed by atoms with Crippen LogP contribution in [0.2, 0.25) is 0 Å². The van der Waals surface area contributed by atoms with Crippen LogP contribution in [0.1, 0.15) is 59.1 Å². The van der Waals surface area contributed by atoms with E-state index in [4.69, 9.17) is 0 Å². The van der Waals surface area contributed by atoms with Crippen LogP contribution in [0.15, 0.2) is 17.2 Å². The zero-order valence-electron chi connectivity index (χ0n) is 18.4. The predicted octanol–water partition coefficient (Wildman–Crippen LogP) is 1.63. The standard InChI is InChI=1S/C22H36N4O3/c1-17(27)25-9-5-8-22(29,15-25)14-24-10-6-18(7-11-24)13-26-16-23-19(12-20(26)28)21(2,3)4/h12,16,18,29H,5-11,13-15H2,1-4H3. The smallest absolute Gasteiger partial charge is 0.253 e. The van der Waals surface area contributed by atoms with E-state index in [0.717, 1.165) is 51.0 Å². The van der Waals surface area contributed by atoms with E-state index in [1.54, 1.807) is 28.8 Å². The zero-order valence-corrected chi connectivity index (χ0v) is 18.4. The van der Waals surface area contributed by atoms with Gasteiger partial charge in [0.25, 0.3) is 5.56 Å². The summed E-state index contributed by atoms with van der Waals surface area (Å²) in [5.74, 6) is 0.485. The van der Waals surface area contributed by atoms with Crippen molar-refractivity contribution in [1.82, 2.24) is 19.4 Å². The summed E-state index contributed by atoms with van der Waals surface area (Å²) in [4.78, 5) is 32.7. The number of carbonyl (C=O) groups excluding carboxylic acids is 1. The van der Waals surface area contributed by atoms with E-state index in [9.17, 15) is 14.7 Å². The lowest BCUT2D eigenvalue weighted by Gasteiger charge is -2.43. The largest absolute Gasteiger partial charge is 0.387 e. The molecule has 2 saturated heterocycles. The van der Waals surface area contributed by atoms with Crippen molar-refractivity contribution < 1.29 is 9.90 Å². The van der Waals surface area contributed by atoms with Crippen LogP contribution in [0.5, 0.6) is 0 Å². The highest BCUT2D eigenvalue weighted by molar-refractivity contribution is 5.73. The minimum atomic E-state index is -0.805. The van der Waals surface area contributed by atoms with Crippen molar-refractivity contribution in [3.63, 3.8) is 0 Å². The van der Waals surface area contributed by atoms with Crippen LogP contribution in [0.3, 0.4) is 0 Å². The molecule has 3 rings (SSSR count).